The normalized spacial score (nSPS) is 14.6. The number of aliphatic hydroxyl groups is 1. The predicted octanol–water partition coefficient (Wildman–Crippen LogP) is 4.13. The van der Waals surface area contributed by atoms with Crippen LogP contribution in [0.1, 0.15) is 38.9 Å². The van der Waals surface area contributed by atoms with E-state index in [0.717, 1.165) is 5.56 Å². The summed E-state index contributed by atoms with van der Waals surface area (Å²) in [6.07, 6.45) is 0.674. The minimum atomic E-state index is -1.80. The third-order valence-corrected chi connectivity index (χ3v) is 8.29. The number of rotatable bonds is 5. The molecule has 0 aliphatic heterocycles. The van der Waals surface area contributed by atoms with Gasteiger partial charge in [-0.15, -0.1) is 0 Å². The first-order chi connectivity index (χ1) is 8.28. The highest BCUT2D eigenvalue weighted by molar-refractivity contribution is 6.74. The van der Waals surface area contributed by atoms with Gasteiger partial charge in [0, 0.05) is 6.61 Å². The lowest BCUT2D eigenvalue weighted by atomic mass is 10.1. The second-order valence-corrected chi connectivity index (χ2v) is 11.0. The molecule has 0 saturated heterocycles. The van der Waals surface area contributed by atoms with Crippen molar-refractivity contribution in [3.05, 3.63) is 35.9 Å². The van der Waals surface area contributed by atoms with Gasteiger partial charge in [-0.3, -0.25) is 0 Å². The minimum absolute atomic E-state index is 0.0112. The summed E-state index contributed by atoms with van der Waals surface area (Å²) in [6.45, 7) is 11.4. The van der Waals surface area contributed by atoms with Crippen LogP contribution in [0.3, 0.4) is 0 Å². The van der Waals surface area contributed by atoms with Crippen molar-refractivity contribution in [3.63, 3.8) is 0 Å². The summed E-state index contributed by atoms with van der Waals surface area (Å²) >= 11 is 0. The molecule has 1 rings (SSSR count). The van der Waals surface area contributed by atoms with E-state index in [1.165, 1.54) is 0 Å². The molecule has 102 valence electrons. The van der Waals surface area contributed by atoms with E-state index >= 15 is 0 Å². The monoisotopic (exact) mass is 266 g/mol. The average Bonchev–Trinajstić information content (AvgIpc) is 2.28. The maximum atomic E-state index is 9.23. The third-order valence-electron chi connectivity index (χ3n) is 3.81. The predicted molar refractivity (Wildman–Crippen MR) is 79.2 cm³/mol. The second kappa shape index (κ2) is 6.00. The lowest BCUT2D eigenvalue weighted by Crippen LogP contribution is -2.42. The van der Waals surface area contributed by atoms with Crippen LogP contribution in [0, 0.1) is 0 Å². The number of benzene rings is 1. The van der Waals surface area contributed by atoms with Gasteiger partial charge in [0.15, 0.2) is 8.32 Å². The molecule has 0 unspecified atom stereocenters. The summed E-state index contributed by atoms with van der Waals surface area (Å²) in [7, 11) is -1.80. The maximum absolute atomic E-state index is 9.23. The first-order valence-corrected chi connectivity index (χ1v) is 9.52. The lowest BCUT2D eigenvalue weighted by Gasteiger charge is -2.39. The molecule has 0 aromatic heterocycles. The number of hydrogen-bond donors (Lipinski definition) is 1. The van der Waals surface area contributed by atoms with Gasteiger partial charge in [0.2, 0.25) is 0 Å². The molecule has 0 bridgehead atoms. The van der Waals surface area contributed by atoms with E-state index in [0.29, 0.717) is 6.42 Å². The van der Waals surface area contributed by atoms with Crippen molar-refractivity contribution in [1.29, 1.82) is 0 Å². The average molecular weight is 266 g/mol. The fourth-order valence-electron chi connectivity index (χ4n) is 1.61. The van der Waals surface area contributed by atoms with Crippen molar-refractivity contribution in [2.75, 3.05) is 6.61 Å². The molecule has 0 heterocycles. The van der Waals surface area contributed by atoms with Crippen molar-refractivity contribution in [2.45, 2.75) is 51.4 Å². The summed E-state index contributed by atoms with van der Waals surface area (Å²) in [6, 6.07) is 10.2. The molecule has 0 aliphatic rings. The van der Waals surface area contributed by atoms with Crippen molar-refractivity contribution in [1.82, 2.24) is 0 Å². The fourth-order valence-corrected chi connectivity index (χ4v) is 2.93. The summed E-state index contributed by atoms with van der Waals surface area (Å²) in [5, 5.41) is 9.42. The molecule has 1 aromatic carbocycles. The smallest absolute Gasteiger partial charge is 0.192 e. The SMILES string of the molecule is CC(C)(C)[Si](C)(C)O[C@@H](CCO)c1ccccc1. The molecule has 1 N–H and O–H groups in total. The summed E-state index contributed by atoms with van der Waals surface area (Å²) in [5.41, 5.74) is 1.16. The Morgan fingerprint density at radius 1 is 1.17 bits per heavy atom. The van der Waals surface area contributed by atoms with Gasteiger partial charge in [-0.1, -0.05) is 51.1 Å². The minimum Gasteiger partial charge on any atom is -0.410 e. The molecule has 0 amide bonds. The Morgan fingerprint density at radius 3 is 2.17 bits per heavy atom. The van der Waals surface area contributed by atoms with Crippen molar-refractivity contribution in [2.24, 2.45) is 0 Å². The van der Waals surface area contributed by atoms with E-state index in [2.05, 4.69) is 46.0 Å². The Labute approximate surface area is 112 Å². The third kappa shape index (κ3) is 3.94. The highest BCUT2D eigenvalue weighted by Crippen LogP contribution is 2.40. The van der Waals surface area contributed by atoms with Crippen LogP contribution in [-0.2, 0) is 4.43 Å². The summed E-state index contributed by atoms with van der Waals surface area (Å²) < 4.78 is 6.41. The zero-order chi connectivity index (χ0) is 13.8. The number of aliphatic hydroxyl groups excluding tert-OH is 1. The van der Waals surface area contributed by atoms with E-state index in [9.17, 15) is 5.11 Å². The Bertz CT molecular complexity index is 355. The number of hydrogen-bond acceptors (Lipinski definition) is 2. The van der Waals surface area contributed by atoms with E-state index < -0.39 is 8.32 Å². The van der Waals surface area contributed by atoms with Gasteiger partial charge in [0.1, 0.15) is 0 Å². The Kier molecular flexibility index (Phi) is 5.14. The molecule has 3 heteroatoms. The van der Waals surface area contributed by atoms with Gasteiger partial charge in [-0.2, -0.15) is 0 Å². The van der Waals surface area contributed by atoms with Crippen LogP contribution in [0.4, 0.5) is 0 Å². The first kappa shape index (κ1) is 15.4. The van der Waals surface area contributed by atoms with Gasteiger partial charge in [-0.25, -0.2) is 0 Å². The second-order valence-electron chi connectivity index (χ2n) is 6.29. The van der Waals surface area contributed by atoms with Gasteiger partial charge in [0.25, 0.3) is 0 Å². The quantitative estimate of drug-likeness (QED) is 0.812. The highest BCUT2D eigenvalue weighted by atomic mass is 28.4. The zero-order valence-electron chi connectivity index (χ0n) is 12.2. The van der Waals surface area contributed by atoms with Gasteiger partial charge in [-0.05, 0) is 30.1 Å². The molecule has 18 heavy (non-hydrogen) atoms. The summed E-state index contributed by atoms with van der Waals surface area (Å²) in [5.74, 6) is 0. The molecule has 2 nitrogen and oxygen atoms in total. The van der Waals surface area contributed by atoms with Crippen LogP contribution in [-0.4, -0.2) is 20.0 Å². The molecule has 1 atom stereocenters. The van der Waals surface area contributed by atoms with E-state index in [1.807, 2.05) is 18.2 Å². The van der Waals surface area contributed by atoms with Crippen LogP contribution in [0.5, 0.6) is 0 Å². The van der Waals surface area contributed by atoms with E-state index in [4.69, 9.17) is 4.43 Å². The largest absolute Gasteiger partial charge is 0.410 e. The van der Waals surface area contributed by atoms with Gasteiger partial charge >= 0.3 is 0 Å². The van der Waals surface area contributed by atoms with Crippen molar-refractivity contribution >= 4 is 8.32 Å². The van der Waals surface area contributed by atoms with E-state index in [1.54, 1.807) is 0 Å². The highest BCUT2D eigenvalue weighted by Gasteiger charge is 2.39. The fraction of sp³-hybridized carbons (Fsp3) is 0.600. The maximum Gasteiger partial charge on any atom is 0.192 e. The molecule has 0 fully saturated rings. The van der Waals surface area contributed by atoms with E-state index in [-0.39, 0.29) is 17.7 Å². The Balaban J connectivity index is 2.88. The lowest BCUT2D eigenvalue weighted by molar-refractivity contribution is 0.141. The molecule has 0 saturated carbocycles. The molecule has 0 radical (unpaired) electrons. The standard InChI is InChI=1S/C15H26O2Si/c1-15(2,3)18(4,5)17-14(11-12-16)13-9-7-6-8-10-13/h6-10,14,16H,11-12H2,1-5H3/t14-/m0/s1. The van der Waals surface area contributed by atoms with Gasteiger partial charge < -0.3 is 9.53 Å². The molecular weight excluding hydrogens is 240 g/mol. The molecule has 0 spiro atoms. The molecule has 0 aliphatic carbocycles. The Hall–Kier alpha value is -0.643. The van der Waals surface area contributed by atoms with Crippen LogP contribution in [0.15, 0.2) is 30.3 Å². The summed E-state index contributed by atoms with van der Waals surface area (Å²) in [4.78, 5) is 0. The van der Waals surface area contributed by atoms with Gasteiger partial charge in [0.05, 0.1) is 6.10 Å². The molecule has 1 aromatic rings. The topological polar surface area (TPSA) is 29.5 Å². The van der Waals surface area contributed by atoms with Crippen LogP contribution in [0.2, 0.25) is 18.1 Å². The zero-order valence-corrected chi connectivity index (χ0v) is 13.2. The molecular formula is C15H26O2Si. The van der Waals surface area contributed by atoms with Crippen LogP contribution >= 0.6 is 0 Å². The van der Waals surface area contributed by atoms with Crippen LogP contribution < -0.4 is 0 Å². The Morgan fingerprint density at radius 2 is 1.72 bits per heavy atom. The first-order valence-electron chi connectivity index (χ1n) is 6.61. The van der Waals surface area contributed by atoms with Crippen molar-refractivity contribution in [3.8, 4) is 0 Å². The van der Waals surface area contributed by atoms with Crippen molar-refractivity contribution < 1.29 is 9.53 Å². The van der Waals surface area contributed by atoms with Crippen LogP contribution in [0.25, 0.3) is 0 Å².